The lowest BCUT2D eigenvalue weighted by atomic mass is 9.84. The van der Waals surface area contributed by atoms with Crippen molar-refractivity contribution in [2.24, 2.45) is 0 Å². The van der Waals surface area contributed by atoms with Crippen LogP contribution in [0.1, 0.15) is 30.0 Å². The van der Waals surface area contributed by atoms with Crippen LogP contribution < -0.4 is 0 Å². The summed E-state index contributed by atoms with van der Waals surface area (Å²) in [5.74, 6) is 0.213. The maximum Gasteiger partial charge on any atom is 0.115 e. The van der Waals surface area contributed by atoms with Crippen LogP contribution in [0.15, 0.2) is 72.3 Å². The summed E-state index contributed by atoms with van der Waals surface area (Å²) in [7, 11) is 0. The zero-order valence-electron chi connectivity index (χ0n) is 13.4. The molecule has 0 heterocycles. The number of benzene rings is 2. The number of aromatic hydroxyl groups is 1. The molecule has 2 heteroatoms. The average Bonchev–Trinajstić information content (AvgIpc) is 2.58. The van der Waals surface area contributed by atoms with Gasteiger partial charge in [0.05, 0.1) is 0 Å². The van der Waals surface area contributed by atoms with E-state index in [0.717, 1.165) is 18.4 Å². The Morgan fingerprint density at radius 3 is 2.30 bits per heavy atom. The van der Waals surface area contributed by atoms with Gasteiger partial charge in [-0.25, -0.2) is 0 Å². The number of phenolic OH excluding ortho intramolecular Hbond substituents is 1. The third-order valence-corrected chi connectivity index (χ3v) is 4.51. The highest BCUT2D eigenvalue weighted by Gasteiger charge is 2.27. The highest BCUT2D eigenvalue weighted by molar-refractivity contribution is 5.41. The standard InChI is InChI=1S/C21H22O2/c1-2-17-5-3-4-6-18(17)15-16-11-13-21(23,14-12-16)19-7-9-20(22)10-8-19/h3-13,22-23H,2,14-15H2,1H3. The van der Waals surface area contributed by atoms with Gasteiger partial charge in [0.2, 0.25) is 0 Å². The Labute approximate surface area is 137 Å². The summed E-state index contributed by atoms with van der Waals surface area (Å²) in [6.07, 6.45) is 8.47. The molecule has 3 rings (SSSR count). The SMILES string of the molecule is CCc1ccccc1CC1=CCC(O)(c2ccc(O)cc2)C=C1. The van der Waals surface area contributed by atoms with E-state index in [1.54, 1.807) is 24.3 Å². The van der Waals surface area contributed by atoms with Gasteiger partial charge in [0, 0.05) is 6.42 Å². The Balaban J connectivity index is 1.76. The number of hydrogen-bond acceptors (Lipinski definition) is 2. The Morgan fingerprint density at radius 1 is 1.00 bits per heavy atom. The normalized spacial score (nSPS) is 20.3. The van der Waals surface area contributed by atoms with Gasteiger partial charge in [0.15, 0.2) is 0 Å². The van der Waals surface area contributed by atoms with E-state index >= 15 is 0 Å². The Kier molecular flexibility index (Phi) is 4.35. The van der Waals surface area contributed by atoms with E-state index in [0.29, 0.717) is 6.42 Å². The summed E-state index contributed by atoms with van der Waals surface area (Å²) in [5, 5.41) is 20.2. The number of rotatable bonds is 4. The van der Waals surface area contributed by atoms with Crippen LogP contribution in [0.2, 0.25) is 0 Å². The smallest absolute Gasteiger partial charge is 0.115 e. The molecule has 0 amide bonds. The summed E-state index contributed by atoms with van der Waals surface area (Å²) < 4.78 is 0. The molecule has 2 aromatic carbocycles. The molecule has 2 nitrogen and oxygen atoms in total. The fourth-order valence-electron chi connectivity index (χ4n) is 3.06. The summed E-state index contributed by atoms with van der Waals surface area (Å²) in [5.41, 5.74) is 3.77. The highest BCUT2D eigenvalue weighted by atomic mass is 16.3. The monoisotopic (exact) mass is 306 g/mol. The van der Waals surface area contributed by atoms with Crippen LogP contribution in [0.3, 0.4) is 0 Å². The molecule has 2 N–H and O–H groups in total. The fraction of sp³-hybridized carbons (Fsp3) is 0.238. The van der Waals surface area contributed by atoms with Gasteiger partial charge >= 0.3 is 0 Å². The van der Waals surface area contributed by atoms with Crippen molar-refractivity contribution >= 4 is 0 Å². The molecule has 1 aliphatic rings. The molecule has 1 aliphatic carbocycles. The molecule has 23 heavy (non-hydrogen) atoms. The first kappa shape index (κ1) is 15.6. The van der Waals surface area contributed by atoms with Crippen molar-refractivity contribution < 1.29 is 10.2 Å². The van der Waals surface area contributed by atoms with Crippen LogP contribution in [-0.4, -0.2) is 10.2 Å². The molecule has 0 bridgehead atoms. The van der Waals surface area contributed by atoms with Gasteiger partial charge in [-0.15, -0.1) is 0 Å². The summed E-state index contributed by atoms with van der Waals surface area (Å²) in [6.45, 7) is 2.17. The van der Waals surface area contributed by atoms with E-state index in [1.807, 2.05) is 12.2 Å². The number of aliphatic hydroxyl groups is 1. The van der Waals surface area contributed by atoms with Crippen LogP contribution in [-0.2, 0) is 18.4 Å². The molecule has 0 fully saturated rings. The Bertz CT molecular complexity index is 741. The third kappa shape index (κ3) is 3.38. The summed E-state index contributed by atoms with van der Waals surface area (Å²) in [4.78, 5) is 0. The second-order valence-corrected chi connectivity index (χ2v) is 6.09. The van der Waals surface area contributed by atoms with Gasteiger partial charge in [0.1, 0.15) is 11.4 Å². The summed E-state index contributed by atoms with van der Waals surface area (Å²) in [6, 6.07) is 15.3. The minimum Gasteiger partial charge on any atom is -0.508 e. The van der Waals surface area contributed by atoms with Crippen molar-refractivity contribution in [3.05, 3.63) is 89.0 Å². The summed E-state index contributed by atoms with van der Waals surface area (Å²) >= 11 is 0. The first-order chi connectivity index (χ1) is 11.1. The molecular weight excluding hydrogens is 284 g/mol. The lowest BCUT2D eigenvalue weighted by molar-refractivity contribution is 0.0910. The largest absolute Gasteiger partial charge is 0.508 e. The lowest BCUT2D eigenvalue weighted by Gasteiger charge is -2.27. The van der Waals surface area contributed by atoms with E-state index in [9.17, 15) is 10.2 Å². The molecule has 0 aromatic heterocycles. The second kappa shape index (κ2) is 6.43. The molecule has 0 saturated carbocycles. The first-order valence-corrected chi connectivity index (χ1v) is 8.07. The predicted molar refractivity (Wildman–Crippen MR) is 93.4 cm³/mol. The maximum atomic E-state index is 10.8. The quantitative estimate of drug-likeness (QED) is 0.885. The van der Waals surface area contributed by atoms with Gasteiger partial charge in [-0.2, -0.15) is 0 Å². The number of aryl methyl sites for hydroxylation is 1. The fourth-order valence-corrected chi connectivity index (χ4v) is 3.06. The van der Waals surface area contributed by atoms with E-state index in [2.05, 4.69) is 37.3 Å². The van der Waals surface area contributed by atoms with Gasteiger partial charge in [-0.05, 0) is 53.3 Å². The van der Waals surface area contributed by atoms with E-state index in [1.165, 1.54) is 16.7 Å². The van der Waals surface area contributed by atoms with Crippen LogP contribution in [0.25, 0.3) is 0 Å². The zero-order valence-corrected chi connectivity index (χ0v) is 13.4. The van der Waals surface area contributed by atoms with Crippen LogP contribution in [0.4, 0.5) is 0 Å². The minimum atomic E-state index is -0.985. The molecule has 0 spiro atoms. The van der Waals surface area contributed by atoms with Gasteiger partial charge in [-0.3, -0.25) is 0 Å². The molecule has 0 aliphatic heterocycles. The topological polar surface area (TPSA) is 40.5 Å². The van der Waals surface area contributed by atoms with Crippen molar-refractivity contribution in [2.45, 2.75) is 31.8 Å². The molecule has 118 valence electrons. The van der Waals surface area contributed by atoms with Crippen molar-refractivity contribution in [1.82, 2.24) is 0 Å². The maximum absolute atomic E-state index is 10.8. The van der Waals surface area contributed by atoms with Gasteiger partial charge in [-0.1, -0.05) is 55.5 Å². The zero-order chi connectivity index (χ0) is 16.3. The highest BCUT2D eigenvalue weighted by Crippen LogP contribution is 2.33. The van der Waals surface area contributed by atoms with Crippen LogP contribution in [0.5, 0.6) is 5.75 Å². The number of allylic oxidation sites excluding steroid dienone is 2. The first-order valence-electron chi connectivity index (χ1n) is 8.07. The lowest BCUT2D eigenvalue weighted by Crippen LogP contribution is -2.24. The third-order valence-electron chi connectivity index (χ3n) is 4.51. The van der Waals surface area contributed by atoms with Crippen molar-refractivity contribution in [1.29, 1.82) is 0 Å². The van der Waals surface area contributed by atoms with Gasteiger partial charge in [0.25, 0.3) is 0 Å². The number of phenols is 1. The van der Waals surface area contributed by atoms with E-state index in [-0.39, 0.29) is 5.75 Å². The number of hydrogen-bond donors (Lipinski definition) is 2. The van der Waals surface area contributed by atoms with E-state index in [4.69, 9.17) is 0 Å². The van der Waals surface area contributed by atoms with Crippen LogP contribution >= 0.6 is 0 Å². The Hall–Kier alpha value is -2.32. The average molecular weight is 306 g/mol. The van der Waals surface area contributed by atoms with E-state index < -0.39 is 5.60 Å². The molecule has 1 atom stereocenters. The van der Waals surface area contributed by atoms with Crippen molar-refractivity contribution in [2.75, 3.05) is 0 Å². The molecule has 1 unspecified atom stereocenters. The Morgan fingerprint density at radius 2 is 1.70 bits per heavy atom. The van der Waals surface area contributed by atoms with Crippen LogP contribution in [0, 0.1) is 0 Å². The molecule has 0 radical (unpaired) electrons. The molecular formula is C21H22O2. The predicted octanol–water partition coefficient (Wildman–Crippen LogP) is 4.27. The molecule has 0 saturated heterocycles. The second-order valence-electron chi connectivity index (χ2n) is 6.09. The van der Waals surface area contributed by atoms with Crippen molar-refractivity contribution in [3.63, 3.8) is 0 Å². The minimum absolute atomic E-state index is 0.213. The molecule has 2 aromatic rings. The van der Waals surface area contributed by atoms with Gasteiger partial charge < -0.3 is 10.2 Å². The van der Waals surface area contributed by atoms with Crippen molar-refractivity contribution in [3.8, 4) is 5.75 Å².